The molecule has 0 saturated carbocycles. The molecule has 4 aromatic rings. The van der Waals surface area contributed by atoms with Crippen molar-refractivity contribution in [2.75, 3.05) is 35.8 Å². The zero-order valence-electron chi connectivity index (χ0n) is 24.7. The molecule has 0 bridgehead atoms. The number of halogens is 3. The standard InChI is InChI=1S/C22H19Br2ClN4O6S.C9H13NO/c23-13-5-1-3-7-16(13)27-22(32)28-18-10-9-15(25)21(20(18)31)36(33,34)26-12-11-19(30)35-29-17-8-4-2-6-14(17)24;10-6-7-11-8-9-4-2-1-3-5-9/h1-10,26,29,31H,11-12H2,(H2,27,28,32);1-5H,6-8,10H2. The van der Waals surface area contributed by atoms with E-state index < -0.39 is 32.7 Å². The number of urea groups is 1. The van der Waals surface area contributed by atoms with Crippen LogP contribution in [0.15, 0.2) is 105 Å². The lowest BCUT2D eigenvalue weighted by atomic mass is 10.2. The molecule has 0 heterocycles. The van der Waals surface area contributed by atoms with Crippen molar-refractivity contribution in [3.05, 3.63) is 111 Å². The highest BCUT2D eigenvalue weighted by Crippen LogP contribution is 2.37. The minimum absolute atomic E-state index is 0.193. The van der Waals surface area contributed by atoms with Crippen molar-refractivity contribution in [3.63, 3.8) is 0 Å². The summed E-state index contributed by atoms with van der Waals surface area (Å²) < 4.78 is 34.3. The average Bonchev–Trinajstić information content (AvgIpc) is 3.04. The summed E-state index contributed by atoms with van der Waals surface area (Å²) in [6.07, 6.45) is -0.318. The number of carbonyl (C=O) groups is 2. The van der Waals surface area contributed by atoms with Crippen LogP contribution in [0.5, 0.6) is 5.75 Å². The Kier molecular flexibility index (Phi) is 15.4. The smallest absolute Gasteiger partial charge is 0.333 e. The predicted molar refractivity (Wildman–Crippen MR) is 189 cm³/mol. The first kappa shape index (κ1) is 37.8. The maximum Gasteiger partial charge on any atom is 0.333 e. The first-order valence-corrected chi connectivity index (χ1v) is 17.3. The van der Waals surface area contributed by atoms with Crippen molar-refractivity contribution < 1.29 is 32.7 Å². The number of rotatable bonds is 13. The van der Waals surface area contributed by atoms with Crippen molar-refractivity contribution in [2.24, 2.45) is 5.73 Å². The molecule has 4 rings (SSSR count). The maximum atomic E-state index is 12.8. The van der Waals surface area contributed by atoms with Gasteiger partial charge in [-0.1, -0.05) is 66.2 Å². The fourth-order valence-electron chi connectivity index (χ4n) is 3.66. The quantitative estimate of drug-likeness (QED) is 0.0492. The minimum atomic E-state index is -4.36. The number of aromatic hydroxyl groups is 1. The molecule has 0 spiro atoms. The van der Waals surface area contributed by atoms with E-state index in [-0.39, 0.29) is 23.7 Å². The monoisotopic (exact) mass is 811 g/mol. The topological polar surface area (TPSA) is 181 Å². The Labute approximate surface area is 294 Å². The summed E-state index contributed by atoms with van der Waals surface area (Å²) >= 11 is 12.6. The predicted octanol–water partition coefficient (Wildman–Crippen LogP) is 6.62. The molecular formula is C31H32Br2ClN5O7S. The maximum absolute atomic E-state index is 12.8. The second-order valence-corrected chi connectivity index (χ2v) is 13.2. The van der Waals surface area contributed by atoms with Crippen molar-refractivity contribution in [2.45, 2.75) is 17.9 Å². The number of hydrogen-bond acceptors (Lipinski definition) is 9. The van der Waals surface area contributed by atoms with Crippen LogP contribution >= 0.6 is 43.5 Å². The van der Waals surface area contributed by atoms with Crippen LogP contribution in [0, 0.1) is 0 Å². The lowest BCUT2D eigenvalue weighted by Crippen LogP contribution is -2.28. The van der Waals surface area contributed by atoms with Crippen LogP contribution in [0.25, 0.3) is 0 Å². The lowest BCUT2D eigenvalue weighted by molar-refractivity contribution is -0.140. The Bertz CT molecular complexity index is 1750. The molecule has 0 saturated heterocycles. The fourth-order valence-corrected chi connectivity index (χ4v) is 6.07. The highest BCUT2D eigenvalue weighted by Gasteiger charge is 2.25. The van der Waals surface area contributed by atoms with Crippen molar-refractivity contribution in [1.82, 2.24) is 4.72 Å². The highest BCUT2D eigenvalue weighted by atomic mass is 79.9. The Hall–Kier alpha value is -3.70. The molecule has 0 aliphatic rings. The number of anilines is 3. The van der Waals surface area contributed by atoms with Gasteiger partial charge in [0.05, 0.1) is 41.7 Å². The molecule has 0 unspecified atom stereocenters. The third-order valence-corrected chi connectivity index (χ3v) is 9.21. The normalized spacial score (nSPS) is 10.7. The number of hydrogen-bond donors (Lipinski definition) is 6. The minimum Gasteiger partial charge on any atom is -0.504 e. The van der Waals surface area contributed by atoms with E-state index in [9.17, 15) is 23.1 Å². The second-order valence-electron chi connectivity index (χ2n) is 9.36. The first-order valence-electron chi connectivity index (χ1n) is 13.9. The molecule has 47 heavy (non-hydrogen) atoms. The fraction of sp³-hybridized carbons (Fsp3) is 0.161. The zero-order chi connectivity index (χ0) is 34.2. The van der Waals surface area contributed by atoms with Crippen LogP contribution in [0.4, 0.5) is 21.9 Å². The number of sulfonamides is 1. The molecular weight excluding hydrogens is 782 g/mol. The number of nitrogens with two attached hydrogens (primary N) is 1. The van der Waals surface area contributed by atoms with Crippen LogP contribution in [-0.2, 0) is 31.0 Å². The van der Waals surface area contributed by atoms with E-state index in [0.717, 1.165) is 0 Å². The van der Waals surface area contributed by atoms with Gasteiger partial charge in [-0.3, -0.25) is 0 Å². The summed E-state index contributed by atoms with van der Waals surface area (Å²) in [6.45, 7) is 1.55. The van der Waals surface area contributed by atoms with Gasteiger partial charge in [0.2, 0.25) is 10.0 Å². The van der Waals surface area contributed by atoms with E-state index in [4.69, 9.17) is 26.9 Å². The van der Waals surface area contributed by atoms with Gasteiger partial charge in [-0.15, -0.1) is 0 Å². The third kappa shape index (κ3) is 12.4. The number of amides is 2. The zero-order valence-corrected chi connectivity index (χ0v) is 29.5. The summed E-state index contributed by atoms with van der Waals surface area (Å²) in [7, 11) is -4.36. The largest absolute Gasteiger partial charge is 0.504 e. The molecule has 0 aromatic heterocycles. The average molecular weight is 814 g/mol. The van der Waals surface area contributed by atoms with Gasteiger partial charge < -0.3 is 31.0 Å². The van der Waals surface area contributed by atoms with E-state index in [1.807, 2.05) is 30.3 Å². The Morgan fingerprint density at radius 3 is 2.06 bits per heavy atom. The number of para-hydroxylation sites is 2. The van der Waals surface area contributed by atoms with Crippen LogP contribution < -0.4 is 26.6 Å². The molecule has 7 N–H and O–H groups in total. The van der Waals surface area contributed by atoms with Crippen LogP contribution in [0.2, 0.25) is 5.02 Å². The molecule has 0 aliphatic heterocycles. The van der Waals surface area contributed by atoms with Crippen LogP contribution in [-0.4, -0.2) is 45.2 Å². The number of phenols is 1. The second kappa shape index (κ2) is 19.2. The summed E-state index contributed by atoms with van der Waals surface area (Å²) in [5.41, 5.74) is 9.71. The molecule has 16 heteroatoms. The Morgan fingerprint density at radius 2 is 1.43 bits per heavy atom. The summed E-state index contributed by atoms with van der Waals surface area (Å²) in [6, 6.07) is 25.6. The van der Waals surface area contributed by atoms with E-state index in [2.05, 4.69) is 52.7 Å². The van der Waals surface area contributed by atoms with Crippen LogP contribution in [0.3, 0.4) is 0 Å². The van der Waals surface area contributed by atoms with E-state index >= 15 is 0 Å². The van der Waals surface area contributed by atoms with Gasteiger partial charge in [-0.25, -0.2) is 28.2 Å². The van der Waals surface area contributed by atoms with E-state index in [1.165, 1.54) is 17.7 Å². The number of carbonyl (C=O) groups excluding carboxylic acids is 2. The van der Waals surface area contributed by atoms with Gasteiger partial charge >= 0.3 is 12.0 Å². The van der Waals surface area contributed by atoms with Crippen molar-refractivity contribution in [1.29, 1.82) is 0 Å². The molecule has 0 radical (unpaired) electrons. The van der Waals surface area contributed by atoms with Gasteiger partial charge in [0.1, 0.15) is 4.90 Å². The Morgan fingerprint density at radius 1 is 0.830 bits per heavy atom. The van der Waals surface area contributed by atoms with Gasteiger partial charge in [0.25, 0.3) is 0 Å². The number of benzene rings is 4. The number of nitrogens with one attached hydrogen (secondary N) is 4. The molecule has 0 aliphatic carbocycles. The van der Waals surface area contributed by atoms with Gasteiger partial charge in [0.15, 0.2) is 5.75 Å². The van der Waals surface area contributed by atoms with Gasteiger partial charge in [-0.05, 0) is 73.8 Å². The molecule has 2 amide bonds. The molecule has 12 nitrogen and oxygen atoms in total. The summed E-state index contributed by atoms with van der Waals surface area (Å²) in [4.78, 5) is 28.6. The highest BCUT2D eigenvalue weighted by molar-refractivity contribution is 9.11. The molecule has 250 valence electrons. The molecule has 0 atom stereocenters. The van der Waals surface area contributed by atoms with E-state index in [1.54, 1.807) is 48.5 Å². The number of phenolic OH excluding ortho intramolecular Hbond substituents is 1. The Balaban J connectivity index is 0.000000461. The first-order chi connectivity index (χ1) is 22.5. The SMILES string of the molecule is NCCOCc1ccccc1.O=C(Nc1ccccc1Br)Nc1ccc(Cl)c(S(=O)(=O)NCCC(=O)ONc2ccccc2Br)c1O. The van der Waals surface area contributed by atoms with Gasteiger partial charge in [0, 0.05) is 22.0 Å². The summed E-state index contributed by atoms with van der Waals surface area (Å²) in [5, 5.41) is 15.2. The summed E-state index contributed by atoms with van der Waals surface area (Å²) in [5.74, 6) is -1.50. The van der Waals surface area contributed by atoms with Crippen LogP contribution in [0.1, 0.15) is 12.0 Å². The molecule has 4 aromatic carbocycles. The van der Waals surface area contributed by atoms with Crippen molar-refractivity contribution in [3.8, 4) is 5.75 Å². The third-order valence-electron chi connectivity index (χ3n) is 5.87. The lowest BCUT2D eigenvalue weighted by Gasteiger charge is -2.14. The number of ether oxygens (including phenoxy) is 1. The molecule has 0 fully saturated rings. The van der Waals surface area contributed by atoms with Gasteiger partial charge in [-0.2, -0.15) is 0 Å². The van der Waals surface area contributed by atoms with E-state index in [0.29, 0.717) is 40.1 Å². The van der Waals surface area contributed by atoms with Crippen molar-refractivity contribution >= 4 is 82.5 Å².